The van der Waals surface area contributed by atoms with Gasteiger partial charge < -0.3 is 10.1 Å². The number of hydrogen-bond acceptors (Lipinski definition) is 5. The van der Waals surface area contributed by atoms with E-state index < -0.39 is 29.4 Å². The number of hydrogen-bond donors (Lipinski definition) is 1. The monoisotopic (exact) mass is 413 g/mol. The van der Waals surface area contributed by atoms with Crippen molar-refractivity contribution in [2.45, 2.75) is 12.6 Å². The number of fused-ring (bicyclic) bond motifs is 1. The molecule has 0 aliphatic carbocycles. The molecule has 154 valence electrons. The fourth-order valence-corrected chi connectivity index (χ4v) is 3.07. The zero-order valence-corrected chi connectivity index (χ0v) is 15.9. The highest BCUT2D eigenvalue weighted by Crippen LogP contribution is 2.27. The van der Waals surface area contributed by atoms with Crippen LogP contribution in [0.5, 0.6) is 5.75 Å². The van der Waals surface area contributed by atoms with Crippen molar-refractivity contribution in [2.75, 3.05) is 18.6 Å². The van der Waals surface area contributed by atoms with Gasteiger partial charge >= 0.3 is 0 Å². The number of carbonyl (C=O) groups excluding carboxylic acids is 2. The molecule has 0 fully saturated rings. The zero-order chi connectivity index (χ0) is 21.3. The van der Waals surface area contributed by atoms with Crippen LogP contribution in [0.4, 0.5) is 14.6 Å². The van der Waals surface area contributed by atoms with E-state index in [1.807, 2.05) is 0 Å². The smallest absolute Gasteiger partial charge is 0.275 e. The van der Waals surface area contributed by atoms with Crippen molar-refractivity contribution in [1.29, 1.82) is 0 Å². The van der Waals surface area contributed by atoms with E-state index in [9.17, 15) is 18.4 Å². The number of nitrogens with one attached hydrogen (secondary N) is 1. The standard InChI is InChI=1S/C20H17F2N5O3/c1-26-18-16(3-2-8-23-18)30-11-15(20(26)29)24-19(28)17-14(22)10-27(25-17)9-12-4-6-13(21)7-5-12/h2-8,10,15H,9,11H2,1H3,(H,24,28)/t15-/m0/s1. The molecule has 3 heterocycles. The predicted octanol–water partition coefficient (Wildman–Crippen LogP) is 1.76. The molecule has 3 aromatic rings. The fraction of sp³-hybridized carbons (Fsp3) is 0.200. The van der Waals surface area contributed by atoms with E-state index in [0.29, 0.717) is 17.1 Å². The molecule has 1 aliphatic heterocycles. The number of halogens is 2. The Kier molecular flexibility index (Phi) is 5.13. The molecule has 2 aromatic heterocycles. The topological polar surface area (TPSA) is 89.4 Å². The van der Waals surface area contributed by atoms with E-state index in [-0.39, 0.29) is 19.0 Å². The average molecular weight is 413 g/mol. The molecule has 2 amide bonds. The lowest BCUT2D eigenvalue weighted by atomic mass is 10.2. The van der Waals surface area contributed by atoms with Crippen molar-refractivity contribution < 1.29 is 23.1 Å². The highest BCUT2D eigenvalue weighted by Gasteiger charge is 2.32. The lowest BCUT2D eigenvalue weighted by Crippen LogP contribution is -2.49. The molecule has 1 aromatic carbocycles. The largest absolute Gasteiger partial charge is 0.487 e. The molecule has 1 N–H and O–H groups in total. The van der Waals surface area contributed by atoms with E-state index in [2.05, 4.69) is 15.4 Å². The lowest BCUT2D eigenvalue weighted by molar-refractivity contribution is -0.120. The minimum atomic E-state index is -1.04. The van der Waals surface area contributed by atoms with Gasteiger partial charge in [-0.15, -0.1) is 0 Å². The number of nitrogens with zero attached hydrogens (tertiary/aromatic N) is 4. The summed E-state index contributed by atoms with van der Waals surface area (Å²) in [6, 6.07) is 7.92. The number of anilines is 1. The van der Waals surface area contributed by atoms with E-state index in [0.717, 1.165) is 6.20 Å². The molecule has 0 saturated carbocycles. The Bertz CT molecular complexity index is 1100. The quantitative estimate of drug-likeness (QED) is 0.704. The van der Waals surface area contributed by atoms with Crippen molar-refractivity contribution in [2.24, 2.45) is 0 Å². The molecule has 10 heteroatoms. The minimum Gasteiger partial charge on any atom is -0.487 e. The van der Waals surface area contributed by atoms with Crippen LogP contribution >= 0.6 is 0 Å². The summed E-state index contributed by atoms with van der Waals surface area (Å²) in [6.45, 7) is 0.0190. The molecule has 0 spiro atoms. The van der Waals surface area contributed by atoms with Crippen molar-refractivity contribution in [1.82, 2.24) is 20.1 Å². The first-order valence-electron chi connectivity index (χ1n) is 9.06. The molecule has 0 unspecified atom stereocenters. The number of amides is 2. The second-order valence-electron chi connectivity index (χ2n) is 6.71. The van der Waals surface area contributed by atoms with E-state index in [1.165, 1.54) is 47.1 Å². The normalized spacial score (nSPS) is 15.9. The Morgan fingerprint density at radius 3 is 2.80 bits per heavy atom. The Morgan fingerprint density at radius 2 is 2.03 bits per heavy atom. The third-order valence-electron chi connectivity index (χ3n) is 4.60. The number of likely N-dealkylation sites (N-methyl/N-ethyl adjacent to an activating group) is 1. The van der Waals surface area contributed by atoms with Gasteiger partial charge in [-0.05, 0) is 29.8 Å². The third-order valence-corrected chi connectivity index (χ3v) is 4.60. The van der Waals surface area contributed by atoms with Gasteiger partial charge in [-0.3, -0.25) is 19.2 Å². The maximum absolute atomic E-state index is 14.3. The molecular weight excluding hydrogens is 396 g/mol. The van der Waals surface area contributed by atoms with Crippen molar-refractivity contribution in [3.05, 3.63) is 71.7 Å². The van der Waals surface area contributed by atoms with Crippen LogP contribution in [0.15, 0.2) is 48.8 Å². The maximum atomic E-state index is 14.3. The summed E-state index contributed by atoms with van der Waals surface area (Å²) in [6.07, 6.45) is 2.59. The van der Waals surface area contributed by atoms with Crippen LogP contribution < -0.4 is 15.0 Å². The number of carbonyl (C=O) groups is 2. The molecule has 0 saturated heterocycles. The van der Waals surface area contributed by atoms with Crippen LogP contribution in [0.25, 0.3) is 0 Å². The van der Waals surface area contributed by atoms with Gasteiger partial charge in [-0.2, -0.15) is 5.10 Å². The highest BCUT2D eigenvalue weighted by molar-refractivity contribution is 6.02. The Balaban J connectivity index is 1.48. The summed E-state index contributed by atoms with van der Waals surface area (Å²) in [5.74, 6) is -1.79. The van der Waals surface area contributed by atoms with Gasteiger partial charge in [0.05, 0.1) is 12.7 Å². The fourth-order valence-electron chi connectivity index (χ4n) is 3.07. The zero-order valence-electron chi connectivity index (χ0n) is 15.9. The van der Waals surface area contributed by atoms with Crippen LogP contribution in [-0.4, -0.2) is 46.3 Å². The first-order chi connectivity index (χ1) is 14.4. The summed E-state index contributed by atoms with van der Waals surface area (Å²) in [5, 5.41) is 6.43. The third kappa shape index (κ3) is 3.84. The van der Waals surface area contributed by atoms with Crippen LogP contribution in [0.1, 0.15) is 16.1 Å². The van der Waals surface area contributed by atoms with Crippen molar-refractivity contribution in [3.8, 4) is 5.75 Å². The second-order valence-corrected chi connectivity index (χ2v) is 6.71. The molecule has 30 heavy (non-hydrogen) atoms. The van der Waals surface area contributed by atoms with Crippen LogP contribution in [0.2, 0.25) is 0 Å². The summed E-state index contributed by atoms with van der Waals surface area (Å²) in [5.41, 5.74) is 0.234. The van der Waals surface area contributed by atoms with Gasteiger partial charge in [0, 0.05) is 13.2 Å². The van der Waals surface area contributed by atoms with Gasteiger partial charge in [-0.25, -0.2) is 13.8 Å². The molecule has 0 bridgehead atoms. The van der Waals surface area contributed by atoms with Gasteiger partial charge in [-0.1, -0.05) is 12.1 Å². The molecular formula is C20H17F2N5O3. The van der Waals surface area contributed by atoms with E-state index in [4.69, 9.17) is 4.74 Å². The second kappa shape index (κ2) is 7.90. The van der Waals surface area contributed by atoms with Gasteiger partial charge in [0.15, 0.2) is 23.1 Å². The van der Waals surface area contributed by atoms with E-state index >= 15 is 0 Å². The first kappa shape index (κ1) is 19.5. The lowest BCUT2D eigenvalue weighted by Gasteiger charge is -2.19. The minimum absolute atomic E-state index is 0.133. The average Bonchev–Trinajstić information content (AvgIpc) is 3.06. The molecule has 1 aliphatic rings. The Hall–Kier alpha value is -3.82. The molecule has 1 atom stereocenters. The van der Waals surface area contributed by atoms with E-state index in [1.54, 1.807) is 12.1 Å². The van der Waals surface area contributed by atoms with Crippen LogP contribution in [0, 0.1) is 11.6 Å². The summed E-state index contributed by atoms with van der Waals surface area (Å²) in [4.78, 5) is 30.6. The first-order valence-corrected chi connectivity index (χ1v) is 9.06. The van der Waals surface area contributed by atoms with Crippen molar-refractivity contribution >= 4 is 17.6 Å². The molecule has 4 rings (SSSR count). The number of benzene rings is 1. The molecule has 0 radical (unpaired) electrons. The summed E-state index contributed by atoms with van der Waals surface area (Å²) >= 11 is 0. The SMILES string of the molecule is CN1C(=O)[C@@H](NC(=O)c2nn(Cc3ccc(F)cc3)cc2F)COc2cccnc21. The van der Waals surface area contributed by atoms with Gasteiger partial charge in [0.1, 0.15) is 18.5 Å². The number of pyridine rings is 1. The van der Waals surface area contributed by atoms with Crippen LogP contribution in [0.3, 0.4) is 0 Å². The van der Waals surface area contributed by atoms with Crippen molar-refractivity contribution in [3.63, 3.8) is 0 Å². The number of ether oxygens (including phenoxy) is 1. The summed E-state index contributed by atoms with van der Waals surface area (Å²) < 4.78 is 34.1. The van der Waals surface area contributed by atoms with Gasteiger partial charge in [0.2, 0.25) is 0 Å². The predicted molar refractivity (Wildman–Crippen MR) is 102 cm³/mol. The highest BCUT2D eigenvalue weighted by atomic mass is 19.1. The number of aromatic nitrogens is 3. The Labute approximate surface area is 170 Å². The van der Waals surface area contributed by atoms with Crippen LogP contribution in [-0.2, 0) is 11.3 Å². The Morgan fingerprint density at radius 1 is 1.27 bits per heavy atom. The molecule has 8 nitrogen and oxygen atoms in total. The van der Waals surface area contributed by atoms with Gasteiger partial charge in [0.25, 0.3) is 11.8 Å². The number of rotatable bonds is 4. The maximum Gasteiger partial charge on any atom is 0.275 e. The summed E-state index contributed by atoms with van der Waals surface area (Å²) in [7, 11) is 1.51.